The van der Waals surface area contributed by atoms with Crippen molar-refractivity contribution in [1.82, 2.24) is 0 Å². The Bertz CT molecular complexity index is 174. The lowest BCUT2D eigenvalue weighted by Gasteiger charge is -2.30. The smallest absolute Gasteiger partial charge is 0.155 e. The van der Waals surface area contributed by atoms with Crippen LogP contribution in [0.1, 0.15) is 46.0 Å². The van der Waals surface area contributed by atoms with E-state index in [-0.39, 0.29) is 5.25 Å². The zero-order valence-electron chi connectivity index (χ0n) is 8.53. The Morgan fingerprint density at radius 2 is 1.92 bits per heavy atom. The molecule has 3 heteroatoms. The van der Waals surface area contributed by atoms with E-state index < -0.39 is 11.1 Å². The van der Waals surface area contributed by atoms with E-state index in [1.165, 1.54) is 6.42 Å². The summed E-state index contributed by atoms with van der Waals surface area (Å²) in [6.07, 6.45) is 5.41. The summed E-state index contributed by atoms with van der Waals surface area (Å²) >= 11 is -1.58. The fourth-order valence-electron chi connectivity index (χ4n) is 2.19. The van der Waals surface area contributed by atoms with Gasteiger partial charge in [-0.05, 0) is 37.5 Å². The molecule has 2 nitrogen and oxygen atoms in total. The maximum atomic E-state index is 10.8. The van der Waals surface area contributed by atoms with Gasteiger partial charge >= 0.3 is 0 Å². The molecule has 1 N–H and O–H groups in total. The Kier molecular flexibility index (Phi) is 4.39. The zero-order chi connectivity index (χ0) is 9.84. The van der Waals surface area contributed by atoms with Gasteiger partial charge in [0.1, 0.15) is 0 Å². The molecule has 0 heterocycles. The molecule has 1 fully saturated rings. The van der Waals surface area contributed by atoms with Gasteiger partial charge in [-0.3, -0.25) is 0 Å². The summed E-state index contributed by atoms with van der Waals surface area (Å²) in [5.74, 6) is 1.58. The van der Waals surface area contributed by atoms with Crippen LogP contribution in [0.25, 0.3) is 0 Å². The Morgan fingerprint density at radius 3 is 2.31 bits per heavy atom. The van der Waals surface area contributed by atoms with Crippen LogP contribution >= 0.6 is 0 Å². The van der Waals surface area contributed by atoms with Crippen LogP contribution < -0.4 is 0 Å². The number of hydrogen-bond donors (Lipinski definition) is 1. The highest BCUT2D eigenvalue weighted by Crippen LogP contribution is 2.33. The molecule has 1 rings (SSSR count). The molecule has 1 aliphatic rings. The van der Waals surface area contributed by atoms with E-state index in [9.17, 15) is 4.21 Å². The van der Waals surface area contributed by atoms with Crippen molar-refractivity contribution in [1.29, 1.82) is 0 Å². The first-order valence-corrected chi connectivity index (χ1v) is 6.41. The van der Waals surface area contributed by atoms with E-state index in [4.69, 9.17) is 4.55 Å². The second-order valence-corrected chi connectivity index (χ2v) is 5.42. The molecule has 1 saturated carbocycles. The van der Waals surface area contributed by atoms with Crippen molar-refractivity contribution in [2.75, 3.05) is 0 Å². The quantitative estimate of drug-likeness (QED) is 0.718. The fraction of sp³-hybridized carbons (Fsp3) is 1.00. The van der Waals surface area contributed by atoms with Crippen LogP contribution in [0.5, 0.6) is 0 Å². The summed E-state index contributed by atoms with van der Waals surface area (Å²) in [5, 5.41) is 0.0558. The third-order valence-corrected chi connectivity index (χ3v) is 4.49. The second-order valence-electron chi connectivity index (χ2n) is 4.20. The lowest BCUT2D eigenvalue weighted by molar-refractivity contribution is 0.258. The topological polar surface area (TPSA) is 37.3 Å². The van der Waals surface area contributed by atoms with Gasteiger partial charge in [0.15, 0.2) is 11.1 Å². The van der Waals surface area contributed by atoms with Crippen molar-refractivity contribution in [2.45, 2.75) is 51.2 Å². The van der Waals surface area contributed by atoms with E-state index in [0.29, 0.717) is 0 Å². The van der Waals surface area contributed by atoms with Gasteiger partial charge in [-0.1, -0.05) is 20.3 Å². The van der Waals surface area contributed by atoms with Crippen LogP contribution in [-0.2, 0) is 11.1 Å². The molecule has 2 atom stereocenters. The minimum atomic E-state index is -1.58. The minimum absolute atomic E-state index is 0.0558. The predicted molar refractivity (Wildman–Crippen MR) is 56.0 cm³/mol. The SMILES string of the molecule is CCC(C)C1CCC(S(=O)O)CC1. The molecular formula is C10H20O2S. The van der Waals surface area contributed by atoms with Gasteiger partial charge in [-0.2, -0.15) is 0 Å². The van der Waals surface area contributed by atoms with Gasteiger partial charge in [0.2, 0.25) is 0 Å². The molecule has 0 aromatic carbocycles. The number of hydrogen-bond acceptors (Lipinski definition) is 1. The van der Waals surface area contributed by atoms with Crippen LogP contribution in [0.3, 0.4) is 0 Å². The van der Waals surface area contributed by atoms with Crippen molar-refractivity contribution >= 4 is 11.1 Å². The molecular weight excluding hydrogens is 184 g/mol. The average molecular weight is 204 g/mol. The van der Waals surface area contributed by atoms with E-state index >= 15 is 0 Å². The zero-order valence-corrected chi connectivity index (χ0v) is 9.35. The van der Waals surface area contributed by atoms with Crippen molar-refractivity contribution in [3.8, 4) is 0 Å². The van der Waals surface area contributed by atoms with Crippen molar-refractivity contribution < 1.29 is 8.76 Å². The Morgan fingerprint density at radius 1 is 1.38 bits per heavy atom. The Balaban J connectivity index is 2.34. The van der Waals surface area contributed by atoms with E-state index in [1.54, 1.807) is 0 Å². The summed E-state index contributed by atoms with van der Waals surface area (Å²) in [4.78, 5) is 0. The highest BCUT2D eigenvalue weighted by atomic mass is 32.2. The maximum Gasteiger partial charge on any atom is 0.155 e. The van der Waals surface area contributed by atoms with Crippen LogP contribution in [0.15, 0.2) is 0 Å². The Labute approximate surface area is 83.4 Å². The molecule has 0 saturated heterocycles. The highest BCUT2D eigenvalue weighted by molar-refractivity contribution is 7.79. The monoisotopic (exact) mass is 204 g/mol. The van der Waals surface area contributed by atoms with Crippen molar-refractivity contribution in [2.24, 2.45) is 11.8 Å². The third kappa shape index (κ3) is 3.06. The summed E-state index contributed by atoms with van der Waals surface area (Å²) < 4.78 is 19.7. The second kappa shape index (κ2) is 5.11. The first-order valence-electron chi connectivity index (χ1n) is 5.24. The molecule has 0 amide bonds. The lowest BCUT2D eigenvalue weighted by Crippen LogP contribution is -2.25. The highest BCUT2D eigenvalue weighted by Gasteiger charge is 2.26. The normalized spacial score (nSPS) is 34.1. The Hall–Kier alpha value is 0.110. The molecule has 13 heavy (non-hydrogen) atoms. The molecule has 0 aromatic rings. The molecule has 0 radical (unpaired) electrons. The molecule has 2 unspecified atom stereocenters. The third-order valence-electron chi connectivity index (χ3n) is 3.45. The van der Waals surface area contributed by atoms with Crippen LogP contribution in [-0.4, -0.2) is 14.0 Å². The van der Waals surface area contributed by atoms with Crippen LogP contribution in [0, 0.1) is 11.8 Å². The molecule has 1 aliphatic carbocycles. The van der Waals surface area contributed by atoms with Crippen LogP contribution in [0.2, 0.25) is 0 Å². The van der Waals surface area contributed by atoms with E-state index in [1.807, 2.05) is 0 Å². The fourth-order valence-corrected chi connectivity index (χ4v) is 2.87. The molecule has 0 bridgehead atoms. The largest absolute Gasteiger partial charge is 0.306 e. The molecule has 0 aliphatic heterocycles. The van der Waals surface area contributed by atoms with Crippen molar-refractivity contribution in [3.63, 3.8) is 0 Å². The van der Waals surface area contributed by atoms with Gasteiger partial charge in [-0.25, -0.2) is 4.21 Å². The lowest BCUT2D eigenvalue weighted by atomic mass is 9.80. The van der Waals surface area contributed by atoms with Crippen LogP contribution in [0.4, 0.5) is 0 Å². The van der Waals surface area contributed by atoms with Gasteiger partial charge in [0.25, 0.3) is 0 Å². The molecule has 78 valence electrons. The van der Waals surface area contributed by atoms with Gasteiger partial charge in [0.05, 0.1) is 5.25 Å². The minimum Gasteiger partial charge on any atom is -0.306 e. The van der Waals surface area contributed by atoms with Gasteiger partial charge in [-0.15, -0.1) is 0 Å². The predicted octanol–water partition coefficient (Wildman–Crippen LogP) is 2.81. The summed E-state index contributed by atoms with van der Waals surface area (Å²) in [5.41, 5.74) is 0. The van der Waals surface area contributed by atoms with E-state index in [0.717, 1.165) is 37.5 Å². The summed E-state index contributed by atoms with van der Waals surface area (Å²) in [6, 6.07) is 0. The number of rotatable bonds is 3. The standard InChI is InChI=1S/C10H20O2S/c1-3-8(2)9-4-6-10(7-5-9)13(11)12/h8-10H,3-7H2,1-2H3,(H,11,12). The molecule has 0 aromatic heterocycles. The van der Waals surface area contributed by atoms with Crippen molar-refractivity contribution in [3.05, 3.63) is 0 Å². The first kappa shape index (κ1) is 11.2. The van der Waals surface area contributed by atoms with Gasteiger partial charge in [0, 0.05) is 0 Å². The van der Waals surface area contributed by atoms with Gasteiger partial charge < -0.3 is 4.55 Å². The summed E-state index contributed by atoms with van der Waals surface area (Å²) in [7, 11) is 0. The summed E-state index contributed by atoms with van der Waals surface area (Å²) in [6.45, 7) is 4.52. The maximum absolute atomic E-state index is 10.8. The first-order chi connectivity index (χ1) is 6.15. The van der Waals surface area contributed by atoms with E-state index in [2.05, 4.69) is 13.8 Å². The average Bonchev–Trinajstić information content (AvgIpc) is 2.17. The molecule has 0 spiro atoms.